The van der Waals surface area contributed by atoms with Crippen LogP contribution in [0.25, 0.3) is 0 Å². The molecular weight excluding hydrogens is 463 g/mol. The summed E-state index contributed by atoms with van der Waals surface area (Å²) in [7, 11) is 0. The number of carbonyl (C=O) groups is 2. The summed E-state index contributed by atoms with van der Waals surface area (Å²) in [4.78, 5) is 31.9. The summed E-state index contributed by atoms with van der Waals surface area (Å²) in [6.07, 6.45) is 0.760. The number of benzene rings is 2. The molecule has 0 fully saturated rings. The zero-order chi connectivity index (χ0) is 25.2. The quantitative estimate of drug-likeness (QED) is 0.446. The Bertz CT molecular complexity index is 1220. The van der Waals surface area contributed by atoms with Crippen LogP contribution in [0.2, 0.25) is 0 Å². The number of amides is 2. The van der Waals surface area contributed by atoms with Crippen LogP contribution in [0.3, 0.4) is 0 Å². The molecule has 0 radical (unpaired) electrons. The molecule has 0 spiro atoms. The molecule has 4 rings (SSSR count). The number of thiophene rings is 1. The molecule has 0 N–H and O–H groups in total. The van der Waals surface area contributed by atoms with Gasteiger partial charge in [-0.2, -0.15) is 0 Å². The van der Waals surface area contributed by atoms with Gasteiger partial charge >= 0.3 is 0 Å². The van der Waals surface area contributed by atoms with Gasteiger partial charge in [0.05, 0.1) is 6.04 Å². The van der Waals surface area contributed by atoms with Crippen molar-refractivity contribution >= 4 is 23.2 Å². The summed E-state index contributed by atoms with van der Waals surface area (Å²) in [5.74, 6) is -0.243. The van der Waals surface area contributed by atoms with E-state index in [2.05, 4.69) is 0 Å². The molecule has 3 aromatic rings. The second kappa shape index (κ2) is 10.2. The Morgan fingerprint density at radius 1 is 1.14 bits per heavy atom. The molecule has 184 valence electrons. The third kappa shape index (κ3) is 5.56. The summed E-state index contributed by atoms with van der Waals surface area (Å²) in [5, 5.41) is 2.02. The monoisotopic (exact) mass is 494 g/mol. The first-order valence-electron chi connectivity index (χ1n) is 11.8. The van der Waals surface area contributed by atoms with Crippen LogP contribution in [-0.4, -0.2) is 46.8 Å². The SMILES string of the molecule is Cc1ccccc1C(=O)N(CC(=O)N1CCc2sccc2[C@H]1COc1cccc(F)c1)C(C)(C)C. The minimum Gasteiger partial charge on any atom is -0.491 e. The summed E-state index contributed by atoms with van der Waals surface area (Å²) in [5.41, 5.74) is 1.98. The maximum absolute atomic E-state index is 13.7. The number of nitrogens with zero attached hydrogens (tertiary/aromatic N) is 2. The third-order valence-electron chi connectivity index (χ3n) is 6.34. The van der Waals surface area contributed by atoms with E-state index in [4.69, 9.17) is 4.74 Å². The van der Waals surface area contributed by atoms with Crippen molar-refractivity contribution in [3.05, 3.63) is 87.4 Å². The molecule has 0 aliphatic carbocycles. The Balaban J connectivity index is 1.57. The first-order valence-corrected chi connectivity index (χ1v) is 12.6. The molecule has 2 aromatic carbocycles. The molecule has 2 amide bonds. The standard InChI is InChI=1S/C28H31FN2O3S/c1-19-8-5-6-11-22(19)27(33)31(28(2,3)4)17-26(32)30-14-12-25-23(13-15-35-25)24(30)18-34-21-10-7-9-20(29)16-21/h5-11,13,15-16,24H,12,14,17-18H2,1-4H3/t24-/m1/s1. The van der Waals surface area contributed by atoms with E-state index in [1.54, 1.807) is 39.3 Å². The highest BCUT2D eigenvalue weighted by Gasteiger charge is 2.36. The van der Waals surface area contributed by atoms with E-state index in [1.165, 1.54) is 17.0 Å². The molecule has 0 saturated heterocycles. The summed E-state index contributed by atoms with van der Waals surface area (Å²) < 4.78 is 19.6. The van der Waals surface area contributed by atoms with E-state index in [1.807, 2.05) is 57.3 Å². The van der Waals surface area contributed by atoms with Gasteiger partial charge in [0.2, 0.25) is 5.91 Å². The van der Waals surface area contributed by atoms with Gasteiger partial charge in [0.25, 0.3) is 5.91 Å². The summed E-state index contributed by atoms with van der Waals surface area (Å²) in [6.45, 7) is 8.43. The highest BCUT2D eigenvalue weighted by molar-refractivity contribution is 7.10. The molecule has 0 bridgehead atoms. The largest absolute Gasteiger partial charge is 0.491 e. The zero-order valence-corrected chi connectivity index (χ0v) is 21.4. The van der Waals surface area contributed by atoms with Crippen LogP contribution < -0.4 is 4.74 Å². The minimum absolute atomic E-state index is 0.0351. The number of carbonyl (C=O) groups excluding carboxylic acids is 2. The van der Waals surface area contributed by atoms with Crippen LogP contribution in [-0.2, 0) is 11.2 Å². The molecule has 7 heteroatoms. The molecule has 0 saturated carbocycles. The fourth-order valence-electron chi connectivity index (χ4n) is 4.40. The number of hydrogen-bond donors (Lipinski definition) is 0. The molecule has 5 nitrogen and oxygen atoms in total. The van der Waals surface area contributed by atoms with Gasteiger partial charge in [0.15, 0.2) is 0 Å². The maximum Gasteiger partial charge on any atom is 0.255 e. The number of aryl methyl sites for hydroxylation is 1. The molecule has 1 aromatic heterocycles. The van der Waals surface area contributed by atoms with Crippen LogP contribution >= 0.6 is 11.3 Å². The molecular formula is C28H31FN2O3S. The number of ether oxygens (including phenoxy) is 1. The third-order valence-corrected chi connectivity index (χ3v) is 7.34. The predicted octanol–water partition coefficient (Wildman–Crippen LogP) is 5.64. The van der Waals surface area contributed by atoms with Gasteiger partial charge in [-0.15, -0.1) is 11.3 Å². The lowest BCUT2D eigenvalue weighted by molar-refractivity contribution is -0.136. The Hall–Kier alpha value is -3.19. The smallest absolute Gasteiger partial charge is 0.255 e. The van der Waals surface area contributed by atoms with Crippen LogP contribution in [0.5, 0.6) is 5.75 Å². The van der Waals surface area contributed by atoms with Crippen LogP contribution in [0.1, 0.15) is 53.2 Å². The first-order chi connectivity index (χ1) is 16.6. The average molecular weight is 495 g/mol. The summed E-state index contributed by atoms with van der Waals surface area (Å²) in [6, 6.07) is 15.2. The number of rotatable bonds is 6. The lowest BCUT2D eigenvalue weighted by Gasteiger charge is -2.40. The first kappa shape index (κ1) is 24.9. The van der Waals surface area contributed by atoms with Crippen molar-refractivity contribution in [2.75, 3.05) is 19.7 Å². The number of fused-ring (bicyclic) bond motifs is 1. The second-order valence-electron chi connectivity index (χ2n) is 9.80. The van der Waals surface area contributed by atoms with E-state index in [9.17, 15) is 14.0 Å². The molecule has 1 aliphatic rings. The molecule has 1 atom stereocenters. The molecule has 2 heterocycles. The van der Waals surface area contributed by atoms with Crippen molar-refractivity contribution in [2.45, 2.75) is 45.7 Å². The highest BCUT2D eigenvalue weighted by atomic mass is 32.1. The van der Waals surface area contributed by atoms with Crippen molar-refractivity contribution in [2.24, 2.45) is 0 Å². The predicted molar refractivity (Wildman–Crippen MR) is 136 cm³/mol. The normalized spacial score (nSPS) is 15.5. The van der Waals surface area contributed by atoms with E-state index in [0.29, 0.717) is 17.9 Å². The average Bonchev–Trinajstić information content (AvgIpc) is 3.29. The van der Waals surface area contributed by atoms with Gasteiger partial charge in [0, 0.05) is 28.6 Å². The summed E-state index contributed by atoms with van der Waals surface area (Å²) >= 11 is 1.67. The van der Waals surface area contributed by atoms with Gasteiger partial charge in [-0.1, -0.05) is 24.3 Å². The minimum atomic E-state index is -0.550. The second-order valence-corrected chi connectivity index (χ2v) is 10.8. The zero-order valence-electron chi connectivity index (χ0n) is 20.6. The lowest BCUT2D eigenvalue weighted by atomic mass is 9.99. The Labute approximate surface area is 210 Å². The Kier molecular flexibility index (Phi) is 7.26. The van der Waals surface area contributed by atoms with E-state index >= 15 is 0 Å². The lowest BCUT2D eigenvalue weighted by Crippen LogP contribution is -2.53. The van der Waals surface area contributed by atoms with E-state index in [0.717, 1.165) is 17.5 Å². The van der Waals surface area contributed by atoms with Crippen molar-refractivity contribution < 1.29 is 18.7 Å². The number of hydrogen-bond acceptors (Lipinski definition) is 4. The van der Waals surface area contributed by atoms with Gasteiger partial charge in [-0.3, -0.25) is 9.59 Å². The van der Waals surface area contributed by atoms with Gasteiger partial charge in [-0.25, -0.2) is 4.39 Å². The Morgan fingerprint density at radius 2 is 1.91 bits per heavy atom. The van der Waals surface area contributed by atoms with Crippen molar-refractivity contribution in [1.82, 2.24) is 9.80 Å². The van der Waals surface area contributed by atoms with E-state index in [-0.39, 0.29) is 36.8 Å². The molecule has 0 unspecified atom stereocenters. The van der Waals surface area contributed by atoms with E-state index < -0.39 is 5.54 Å². The Morgan fingerprint density at radius 3 is 2.63 bits per heavy atom. The fourth-order valence-corrected chi connectivity index (χ4v) is 5.33. The van der Waals surface area contributed by atoms with Crippen molar-refractivity contribution in [3.63, 3.8) is 0 Å². The highest BCUT2D eigenvalue weighted by Crippen LogP contribution is 2.34. The van der Waals surface area contributed by atoms with Crippen LogP contribution in [0, 0.1) is 12.7 Å². The van der Waals surface area contributed by atoms with Crippen molar-refractivity contribution in [3.8, 4) is 5.75 Å². The van der Waals surface area contributed by atoms with Crippen LogP contribution in [0.4, 0.5) is 4.39 Å². The molecule has 35 heavy (non-hydrogen) atoms. The fraction of sp³-hybridized carbons (Fsp3) is 0.357. The van der Waals surface area contributed by atoms with Crippen LogP contribution in [0.15, 0.2) is 60.0 Å². The van der Waals surface area contributed by atoms with Gasteiger partial charge < -0.3 is 14.5 Å². The topological polar surface area (TPSA) is 49.9 Å². The molecule has 1 aliphatic heterocycles. The van der Waals surface area contributed by atoms with Crippen molar-refractivity contribution in [1.29, 1.82) is 0 Å². The van der Waals surface area contributed by atoms with Gasteiger partial charge in [0.1, 0.15) is 24.7 Å². The number of halogens is 1. The van der Waals surface area contributed by atoms with Gasteiger partial charge in [-0.05, 0) is 74.9 Å². The maximum atomic E-state index is 13.7.